The zero-order chi connectivity index (χ0) is 19.0. The van der Waals surface area contributed by atoms with Crippen molar-refractivity contribution in [1.29, 1.82) is 0 Å². The average Bonchev–Trinajstić information content (AvgIpc) is 2.54. The molecule has 1 fully saturated rings. The molecule has 12 heteroatoms. The van der Waals surface area contributed by atoms with Gasteiger partial charge in [0.2, 0.25) is 10.0 Å². The number of hydrogen-bond acceptors (Lipinski definition) is 4. The van der Waals surface area contributed by atoms with E-state index in [0.29, 0.717) is 6.07 Å². The third-order valence-corrected chi connectivity index (χ3v) is 7.69. The first-order valence-electron chi connectivity index (χ1n) is 7.22. The minimum absolute atomic E-state index is 0.131. The van der Waals surface area contributed by atoms with Crippen molar-refractivity contribution in [3.8, 4) is 0 Å². The molecule has 0 aliphatic carbocycles. The Morgan fingerprint density at radius 3 is 1.88 bits per heavy atom. The van der Waals surface area contributed by atoms with Crippen LogP contribution in [-0.4, -0.2) is 70.0 Å². The second kappa shape index (κ2) is 6.83. The van der Waals surface area contributed by atoms with Crippen LogP contribution in [0.25, 0.3) is 0 Å². The van der Waals surface area contributed by atoms with Crippen molar-refractivity contribution in [1.82, 2.24) is 12.9 Å². The molecule has 0 N–H and O–H groups in total. The number of alkyl halides is 3. The molecular weight excluding hydrogens is 383 g/mol. The van der Waals surface area contributed by atoms with Crippen molar-refractivity contribution in [3.63, 3.8) is 0 Å². The van der Waals surface area contributed by atoms with E-state index in [1.807, 2.05) is 0 Å². The minimum atomic E-state index is -4.81. The molecule has 0 amide bonds. The van der Waals surface area contributed by atoms with E-state index in [1.165, 1.54) is 20.2 Å². The molecule has 142 valence electrons. The number of piperazine rings is 1. The maximum absolute atomic E-state index is 13.1. The summed E-state index contributed by atoms with van der Waals surface area (Å²) in [5.74, 6) is 0. The van der Waals surface area contributed by atoms with E-state index in [4.69, 9.17) is 0 Å². The second-order valence-corrected chi connectivity index (χ2v) is 9.64. The smallest absolute Gasteiger partial charge is 0.207 e. The number of halogens is 3. The van der Waals surface area contributed by atoms with E-state index in [9.17, 15) is 30.0 Å². The molecule has 0 atom stereocenters. The fraction of sp³-hybridized carbons (Fsp3) is 0.538. The Morgan fingerprint density at radius 1 is 0.920 bits per heavy atom. The lowest BCUT2D eigenvalue weighted by molar-refractivity contribution is -0.139. The quantitative estimate of drug-likeness (QED) is 0.748. The third kappa shape index (κ3) is 3.97. The number of hydrogen-bond donors (Lipinski definition) is 0. The molecule has 0 aromatic heterocycles. The SMILES string of the molecule is CN(C)S(=O)(=O)N1CCN(S(=O)(=O)c2ccccc2C(F)(F)F)CC1. The molecule has 1 aromatic rings. The highest BCUT2D eigenvalue weighted by molar-refractivity contribution is 7.89. The molecule has 25 heavy (non-hydrogen) atoms. The zero-order valence-electron chi connectivity index (χ0n) is 13.6. The van der Waals surface area contributed by atoms with Crippen LogP contribution >= 0.6 is 0 Å². The summed E-state index contributed by atoms with van der Waals surface area (Å²) < 4.78 is 91.4. The number of rotatable bonds is 4. The summed E-state index contributed by atoms with van der Waals surface area (Å²) in [6.07, 6.45) is -4.81. The number of benzene rings is 1. The normalized spacial score (nSPS) is 18.6. The third-order valence-electron chi connectivity index (χ3n) is 3.80. The van der Waals surface area contributed by atoms with Crippen LogP contribution in [0.15, 0.2) is 29.2 Å². The number of nitrogens with zero attached hydrogens (tertiary/aromatic N) is 3. The Morgan fingerprint density at radius 2 is 1.40 bits per heavy atom. The lowest BCUT2D eigenvalue weighted by Crippen LogP contribution is -2.53. The van der Waals surface area contributed by atoms with Gasteiger partial charge in [-0.3, -0.25) is 0 Å². The van der Waals surface area contributed by atoms with Crippen molar-refractivity contribution < 1.29 is 30.0 Å². The van der Waals surface area contributed by atoms with E-state index < -0.39 is 36.9 Å². The van der Waals surface area contributed by atoms with E-state index in [1.54, 1.807) is 0 Å². The Bertz CT molecular complexity index is 830. The Balaban J connectivity index is 2.27. The lowest BCUT2D eigenvalue weighted by Gasteiger charge is -2.34. The monoisotopic (exact) mass is 401 g/mol. The Kier molecular flexibility index (Phi) is 5.50. The van der Waals surface area contributed by atoms with Crippen LogP contribution in [0.2, 0.25) is 0 Å². The van der Waals surface area contributed by atoms with Crippen LogP contribution in [-0.2, 0) is 26.4 Å². The van der Waals surface area contributed by atoms with Crippen LogP contribution in [0.5, 0.6) is 0 Å². The van der Waals surface area contributed by atoms with Gasteiger partial charge in [-0.25, -0.2) is 8.42 Å². The van der Waals surface area contributed by atoms with E-state index in [-0.39, 0.29) is 26.2 Å². The highest BCUT2D eigenvalue weighted by Crippen LogP contribution is 2.35. The topological polar surface area (TPSA) is 78.0 Å². The van der Waals surface area contributed by atoms with Gasteiger partial charge < -0.3 is 0 Å². The highest BCUT2D eigenvalue weighted by Gasteiger charge is 2.40. The van der Waals surface area contributed by atoms with Gasteiger partial charge >= 0.3 is 6.18 Å². The summed E-state index contributed by atoms with van der Waals surface area (Å²) >= 11 is 0. The molecule has 1 saturated heterocycles. The van der Waals surface area contributed by atoms with Crippen molar-refractivity contribution in [2.45, 2.75) is 11.1 Å². The van der Waals surface area contributed by atoms with Crippen LogP contribution < -0.4 is 0 Å². The first kappa shape index (κ1) is 20.1. The van der Waals surface area contributed by atoms with Crippen LogP contribution in [0.1, 0.15) is 5.56 Å². The summed E-state index contributed by atoms with van der Waals surface area (Å²) in [6.45, 7) is -0.703. The zero-order valence-corrected chi connectivity index (χ0v) is 15.2. The standard InChI is InChI=1S/C13H18F3N3O4S2/c1-17(2)25(22,23)19-9-7-18(8-10-19)24(20,21)12-6-4-3-5-11(12)13(14,15)16/h3-6H,7-10H2,1-2H3. The highest BCUT2D eigenvalue weighted by atomic mass is 32.2. The molecule has 1 aromatic carbocycles. The van der Waals surface area contributed by atoms with Crippen molar-refractivity contribution in [3.05, 3.63) is 29.8 Å². The molecule has 1 aliphatic rings. The molecule has 0 radical (unpaired) electrons. The van der Waals surface area contributed by atoms with Gasteiger partial charge in [0.25, 0.3) is 10.2 Å². The van der Waals surface area contributed by atoms with Crippen LogP contribution in [0.3, 0.4) is 0 Å². The van der Waals surface area contributed by atoms with Crippen molar-refractivity contribution >= 4 is 20.2 Å². The van der Waals surface area contributed by atoms with E-state index in [2.05, 4.69) is 0 Å². The van der Waals surface area contributed by atoms with Gasteiger partial charge in [-0.1, -0.05) is 12.1 Å². The first-order valence-corrected chi connectivity index (χ1v) is 10.1. The molecule has 1 aliphatic heterocycles. The molecule has 7 nitrogen and oxygen atoms in total. The van der Waals surface area contributed by atoms with Gasteiger partial charge in [0.1, 0.15) is 0 Å². The minimum Gasteiger partial charge on any atom is -0.207 e. The fourth-order valence-electron chi connectivity index (χ4n) is 2.44. The maximum atomic E-state index is 13.1. The molecule has 2 rings (SSSR count). The van der Waals surface area contributed by atoms with E-state index in [0.717, 1.165) is 25.0 Å². The van der Waals surface area contributed by atoms with Gasteiger partial charge in [0.15, 0.2) is 0 Å². The van der Waals surface area contributed by atoms with Gasteiger partial charge in [-0.05, 0) is 12.1 Å². The summed E-state index contributed by atoms with van der Waals surface area (Å²) in [4.78, 5) is -0.827. The van der Waals surface area contributed by atoms with Gasteiger partial charge in [-0.15, -0.1) is 0 Å². The summed E-state index contributed by atoms with van der Waals surface area (Å²) in [6, 6.07) is 3.94. The predicted molar refractivity (Wildman–Crippen MR) is 84.4 cm³/mol. The van der Waals surface area contributed by atoms with Crippen LogP contribution in [0, 0.1) is 0 Å². The lowest BCUT2D eigenvalue weighted by atomic mass is 10.2. The van der Waals surface area contributed by atoms with Gasteiger partial charge in [0.05, 0.1) is 10.5 Å². The Hall–Kier alpha value is -1.21. The van der Waals surface area contributed by atoms with Gasteiger partial charge in [-0.2, -0.15) is 34.5 Å². The van der Waals surface area contributed by atoms with Crippen LogP contribution in [0.4, 0.5) is 13.2 Å². The van der Waals surface area contributed by atoms with Crippen molar-refractivity contribution in [2.24, 2.45) is 0 Å². The number of sulfonamides is 1. The maximum Gasteiger partial charge on any atom is 0.417 e. The van der Waals surface area contributed by atoms with E-state index >= 15 is 0 Å². The second-order valence-electron chi connectivity index (χ2n) is 5.59. The molecule has 0 spiro atoms. The average molecular weight is 401 g/mol. The Labute approximate surface area is 144 Å². The fourth-order valence-corrected chi connectivity index (χ4v) is 5.16. The van der Waals surface area contributed by atoms with Crippen molar-refractivity contribution in [2.75, 3.05) is 40.3 Å². The molecule has 0 bridgehead atoms. The van der Waals surface area contributed by atoms with Gasteiger partial charge in [0, 0.05) is 40.3 Å². The largest absolute Gasteiger partial charge is 0.417 e. The molecule has 1 heterocycles. The summed E-state index contributed by atoms with van der Waals surface area (Å²) in [5, 5.41) is 0. The summed E-state index contributed by atoms with van der Waals surface area (Å²) in [7, 11) is -5.40. The molecule has 0 saturated carbocycles. The molecule has 0 unspecified atom stereocenters. The molecular formula is C13H18F3N3O4S2. The first-order chi connectivity index (χ1) is 11.4. The summed E-state index contributed by atoms with van der Waals surface area (Å²) in [5.41, 5.74) is -1.24. The predicted octanol–water partition coefficient (Wildman–Crippen LogP) is 0.818.